The second-order valence-electron chi connectivity index (χ2n) is 4.33. The van der Waals surface area contributed by atoms with Gasteiger partial charge in [0.1, 0.15) is 0 Å². The van der Waals surface area contributed by atoms with Gasteiger partial charge in [0.25, 0.3) is 0 Å². The molecule has 1 aromatic rings. The zero-order chi connectivity index (χ0) is 14.3. The van der Waals surface area contributed by atoms with Gasteiger partial charge in [-0.15, -0.1) is 0 Å². The molecule has 1 unspecified atom stereocenters. The Kier molecular flexibility index (Phi) is 6.45. The summed E-state index contributed by atoms with van der Waals surface area (Å²) in [6.07, 6.45) is 0. The summed E-state index contributed by atoms with van der Waals surface area (Å²) in [5.41, 5.74) is 1.04. The molecule has 2 N–H and O–H groups in total. The molecule has 5 heteroatoms. The van der Waals surface area contributed by atoms with E-state index >= 15 is 0 Å². The zero-order valence-electron chi connectivity index (χ0n) is 12.4. The van der Waals surface area contributed by atoms with Crippen LogP contribution in [0.25, 0.3) is 0 Å². The molecule has 19 heavy (non-hydrogen) atoms. The van der Waals surface area contributed by atoms with Gasteiger partial charge in [-0.3, -0.25) is 0 Å². The number of hydrogen-bond acceptors (Lipinski definition) is 5. The van der Waals surface area contributed by atoms with Crippen LogP contribution in [-0.2, 0) is 6.54 Å². The molecule has 0 fully saturated rings. The van der Waals surface area contributed by atoms with Crippen molar-refractivity contribution >= 4 is 0 Å². The van der Waals surface area contributed by atoms with E-state index in [2.05, 4.69) is 17.6 Å². The number of hydrogen-bond donors (Lipinski definition) is 2. The van der Waals surface area contributed by atoms with Crippen molar-refractivity contribution in [3.8, 4) is 17.2 Å². The number of rotatable bonds is 8. The first kappa shape index (κ1) is 15.6. The SMILES string of the molecule is CNCC(C)NCc1ccc(OC)c(OC)c1OC. The van der Waals surface area contributed by atoms with Gasteiger partial charge >= 0.3 is 0 Å². The Hall–Kier alpha value is -1.46. The van der Waals surface area contributed by atoms with Crippen molar-refractivity contribution in [3.63, 3.8) is 0 Å². The molecule has 0 radical (unpaired) electrons. The fraction of sp³-hybridized carbons (Fsp3) is 0.571. The van der Waals surface area contributed by atoms with Crippen molar-refractivity contribution < 1.29 is 14.2 Å². The summed E-state index contributed by atoms with van der Waals surface area (Å²) in [6, 6.07) is 4.25. The monoisotopic (exact) mass is 268 g/mol. The first-order valence-electron chi connectivity index (χ1n) is 6.33. The van der Waals surface area contributed by atoms with E-state index in [-0.39, 0.29) is 0 Å². The van der Waals surface area contributed by atoms with Gasteiger partial charge in [-0.2, -0.15) is 0 Å². The van der Waals surface area contributed by atoms with E-state index in [1.165, 1.54) is 0 Å². The standard InChI is InChI=1S/C14H24N2O3/c1-10(8-15-2)16-9-11-6-7-12(17-3)14(19-5)13(11)18-4/h6-7,10,15-16H,8-9H2,1-5H3. The maximum Gasteiger partial charge on any atom is 0.203 e. The molecule has 0 bridgehead atoms. The Labute approximate surface area is 115 Å². The minimum absolute atomic E-state index is 0.378. The van der Waals surface area contributed by atoms with E-state index in [1.807, 2.05) is 19.2 Å². The maximum absolute atomic E-state index is 5.44. The lowest BCUT2D eigenvalue weighted by atomic mass is 10.1. The molecular weight excluding hydrogens is 244 g/mol. The number of nitrogens with one attached hydrogen (secondary N) is 2. The lowest BCUT2D eigenvalue weighted by molar-refractivity contribution is 0.321. The van der Waals surface area contributed by atoms with Crippen LogP contribution in [0.15, 0.2) is 12.1 Å². The third-order valence-corrected chi connectivity index (χ3v) is 2.94. The summed E-state index contributed by atoms with van der Waals surface area (Å²) in [6.45, 7) is 3.76. The van der Waals surface area contributed by atoms with Crippen molar-refractivity contribution in [2.75, 3.05) is 34.9 Å². The molecule has 0 aliphatic heterocycles. The highest BCUT2D eigenvalue weighted by atomic mass is 16.5. The molecule has 1 rings (SSSR count). The van der Waals surface area contributed by atoms with Gasteiger partial charge in [-0.25, -0.2) is 0 Å². The molecule has 0 heterocycles. The number of methoxy groups -OCH3 is 3. The van der Waals surface area contributed by atoms with Gasteiger partial charge in [0.2, 0.25) is 5.75 Å². The fourth-order valence-electron chi connectivity index (χ4n) is 1.96. The Bertz CT molecular complexity index is 397. The number of likely N-dealkylation sites (N-methyl/N-ethyl adjacent to an activating group) is 1. The summed E-state index contributed by atoms with van der Waals surface area (Å²) in [5.74, 6) is 2.02. The number of benzene rings is 1. The lowest BCUT2D eigenvalue weighted by Gasteiger charge is -2.18. The predicted molar refractivity (Wildman–Crippen MR) is 76.3 cm³/mol. The van der Waals surface area contributed by atoms with Gasteiger partial charge in [-0.05, 0) is 20.0 Å². The van der Waals surface area contributed by atoms with E-state index in [0.29, 0.717) is 29.8 Å². The highest BCUT2D eigenvalue weighted by Gasteiger charge is 2.15. The zero-order valence-corrected chi connectivity index (χ0v) is 12.4. The molecular formula is C14H24N2O3. The van der Waals surface area contributed by atoms with E-state index in [4.69, 9.17) is 14.2 Å². The normalized spacial score (nSPS) is 12.1. The first-order valence-corrected chi connectivity index (χ1v) is 6.33. The van der Waals surface area contributed by atoms with Crippen LogP contribution in [-0.4, -0.2) is 41.0 Å². The van der Waals surface area contributed by atoms with Crippen molar-refractivity contribution in [2.24, 2.45) is 0 Å². The average Bonchev–Trinajstić information content (AvgIpc) is 2.43. The second-order valence-corrected chi connectivity index (χ2v) is 4.33. The third-order valence-electron chi connectivity index (χ3n) is 2.94. The Morgan fingerprint density at radius 3 is 2.26 bits per heavy atom. The van der Waals surface area contributed by atoms with Crippen LogP contribution in [0.3, 0.4) is 0 Å². The smallest absolute Gasteiger partial charge is 0.203 e. The summed E-state index contributed by atoms with van der Waals surface area (Å²) in [5, 5.41) is 6.56. The van der Waals surface area contributed by atoms with Gasteiger partial charge in [0.15, 0.2) is 11.5 Å². The van der Waals surface area contributed by atoms with Gasteiger partial charge < -0.3 is 24.8 Å². The first-order chi connectivity index (χ1) is 9.17. The Morgan fingerprint density at radius 1 is 1.05 bits per heavy atom. The molecule has 0 amide bonds. The van der Waals surface area contributed by atoms with Crippen LogP contribution >= 0.6 is 0 Å². The summed E-state index contributed by atoms with van der Waals surface area (Å²) < 4.78 is 16.1. The Morgan fingerprint density at radius 2 is 1.74 bits per heavy atom. The Balaban J connectivity index is 2.89. The van der Waals surface area contributed by atoms with Crippen LogP contribution < -0.4 is 24.8 Å². The minimum atomic E-state index is 0.378. The minimum Gasteiger partial charge on any atom is -0.493 e. The molecule has 5 nitrogen and oxygen atoms in total. The predicted octanol–water partition coefficient (Wildman–Crippen LogP) is 1.41. The molecule has 1 atom stereocenters. The van der Waals surface area contributed by atoms with Gasteiger partial charge in [-0.1, -0.05) is 6.07 Å². The van der Waals surface area contributed by atoms with Gasteiger partial charge in [0.05, 0.1) is 21.3 Å². The summed E-state index contributed by atoms with van der Waals surface area (Å²) in [4.78, 5) is 0. The third kappa shape index (κ3) is 4.01. The molecule has 0 saturated carbocycles. The summed E-state index contributed by atoms with van der Waals surface area (Å²) in [7, 11) is 6.80. The fourth-order valence-corrected chi connectivity index (χ4v) is 1.96. The molecule has 1 aromatic carbocycles. The largest absolute Gasteiger partial charge is 0.493 e. The molecule has 0 aliphatic carbocycles. The molecule has 0 saturated heterocycles. The van der Waals surface area contributed by atoms with Crippen molar-refractivity contribution in [1.82, 2.24) is 10.6 Å². The quantitative estimate of drug-likeness (QED) is 0.746. The number of ether oxygens (including phenoxy) is 3. The molecule has 108 valence electrons. The highest BCUT2D eigenvalue weighted by Crippen LogP contribution is 2.39. The lowest BCUT2D eigenvalue weighted by Crippen LogP contribution is -2.34. The van der Waals surface area contributed by atoms with Crippen molar-refractivity contribution in [2.45, 2.75) is 19.5 Å². The second kappa shape index (κ2) is 7.86. The topological polar surface area (TPSA) is 51.8 Å². The summed E-state index contributed by atoms with van der Waals surface area (Å²) >= 11 is 0. The van der Waals surface area contributed by atoms with Crippen molar-refractivity contribution in [1.29, 1.82) is 0 Å². The van der Waals surface area contributed by atoms with Crippen molar-refractivity contribution in [3.05, 3.63) is 17.7 Å². The molecule has 0 spiro atoms. The molecule has 0 aromatic heterocycles. The highest BCUT2D eigenvalue weighted by molar-refractivity contribution is 5.55. The average molecular weight is 268 g/mol. The van der Waals surface area contributed by atoms with E-state index < -0.39 is 0 Å². The van der Waals surface area contributed by atoms with Crippen LogP contribution in [0.1, 0.15) is 12.5 Å². The van der Waals surface area contributed by atoms with E-state index in [1.54, 1.807) is 21.3 Å². The van der Waals surface area contributed by atoms with E-state index in [9.17, 15) is 0 Å². The maximum atomic E-state index is 5.44. The molecule has 0 aliphatic rings. The van der Waals surface area contributed by atoms with Crippen LogP contribution in [0, 0.1) is 0 Å². The van der Waals surface area contributed by atoms with E-state index in [0.717, 1.165) is 12.1 Å². The van der Waals surface area contributed by atoms with Crippen LogP contribution in [0.4, 0.5) is 0 Å². The van der Waals surface area contributed by atoms with Crippen LogP contribution in [0.5, 0.6) is 17.2 Å². The van der Waals surface area contributed by atoms with Crippen LogP contribution in [0.2, 0.25) is 0 Å². The van der Waals surface area contributed by atoms with Gasteiger partial charge in [0, 0.05) is 24.7 Å².